The average Bonchev–Trinajstić information content (AvgIpc) is 3.44. The van der Waals surface area contributed by atoms with Crippen LogP contribution in [-0.4, -0.2) is 56.0 Å². The van der Waals surface area contributed by atoms with Crippen LogP contribution < -0.4 is 0 Å². The van der Waals surface area contributed by atoms with Crippen LogP contribution in [0.25, 0.3) is 5.57 Å². The number of carbonyl (C=O) groups is 1. The van der Waals surface area contributed by atoms with Gasteiger partial charge in [0.2, 0.25) is 0 Å². The number of hydrogen-bond acceptors (Lipinski definition) is 5. The third kappa shape index (κ3) is 6.11. The molecule has 6 heteroatoms. The third-order valence-electron chi connectivity index (χ3n) is 17.0. The molecule has 1 saturated heterocycles. The van der Waals surface area contributed by atoms with Gasteiger partial charge in [0.25, 0.3) is 0 Å². The van der Waals surface area contributed by atoms with E-state index in [1.165, 1.54) is 74.5 Å². The molecule has 0 aromatic heterocycles. The third-order valence-corrected chi connectivity index (χ3v) is 18.6. The van der Waals surface area contributed by atoms with E-state index in [0.29, 0.717) is 70.1 Å². The van der Waals surface area contributed by atoms with Gasteiger partial charge < -0.3 is 9.64 Å². The first-order valence-corrected chi connectivity index (χ1v) is 22.6. The van der Waals surface area contributed by atoms with Gasteiger partial charge in [-0.15, -0.1) is 0 Å². The highest BCUT2D eigenvalue weighted by Gasteiger charge is 2.70. The van der Waals surface area contributed by atoms with Crippen LogP contribution in [0.1, 0.15) is 142 Å². The number of sulfone groups is 1. The highest BCUT2D eigenvalue weighted by molar-refractivity contribution is 7.91. The molecule has 52 heavy (non-hydrogen) atoms. The number of ether oxygens (including phenoxy) is 1. The summed E-state index contributed by atoms with van der Waals surface area (Å²) >= 11 is 0. The Balaban J connectivity index is 1.14. The molecule has 4 saturated carbocycles. The SMILES string of the molecule is C=C(C)[C@@H]1CC[C@]2(CCN3CCS(=O)(=O)CC3)CC[C@]3(C)[C@H](CC[C@@H]4[C@@]5(C)CC=C(c6ccc(C(=O)OC(C)(C)C)cc6)C(C)(C)[C@@H]5CC[C@]43C)[C@@H]12. The van der Waals surface area contributed by atoms with Gasteiger partial charge in [-0.2, -0.15) is 0 Å². The van der Waals surface area contributed by atoms with E-state index in [0.717, 1.165) is 18.9 Å². The zero-order valence-electron chi connectivity index (χ0n) is 34.1. The Bertz CT molecular complexity index is 1700. The maximum absolute atomic E-state index is 12.8. The highest BCUT2D eigenvalue weighted by Crippen LogP contribution is 2.78. The second-order valence-corrected chi connectivity index (χ2v) is 23.2. The maximum Gasteiger partial charge on any atom is 0.338 e. The van der Waals surface area contributed by atoms with Crippen LogP contribution in [0.4, 0.5) is 0 Å². The van der Waals surface area contributed by atoms with Crippen LogP contribution in [0.3, 0.4) is 0 Å². The van der Waals surface area contributed by atoms with E-state index < -0.39 is 15.4 Å². The molecule has 5 nitrogen and oxygen atoms in total. The monoisotopic (exact) mass is 731 g/mol. The van der Waals surface area contributed by atoms with Crippen molar-refractivity contribution in [1.29, 1.82) is 0 Å². The molecule has 1 heterocycles. The minimum absolute atomic E-state index is 0.0333. The number of hydrogen-bond donors (Lipinski definition) is 0. The minimum Gasteiger partial charge on any atom is -0.456 e. The largest absolute Gasteiger partial charge is 0.456 e. The number of rotatable bonds is 6. The molecule has 1 aromatic rings. The molecule has 1 aromatic carbocycles. The van der Waals surface area contributed by atoms with E-state index in [-0.39, 0.29) is 16.8 Å². The van der Waals surface area contributed by atoms with E-state index in [1.54, 1.807) is 0 Å². The summed E-state index contributed by atoms with van der Waals surface area (Å²) in [4.78, 5) is 15.2. The zero-order chi connectivity index (χ0) is 37.7. The molecule has 0 unspecified atom stereocenters. The van der Waals surface area contributed by atoms with E-state index >= 15 is 0 Å². The Kier molecular flexibility index (Phi) is 9.46. The average molecular weight is 732 g/mol. The Hall–Kier alpha value is -1.92. The van der Waals surface area contributed by atoms with Crippen molar-refractivity contribution < 1.29 is 17.9 Å². The Labute approximate surface area is 316 Å². The lowest BCUT2D eigenvalue weighted by atomic mass is 9.32. The molecule has 0 amide bonds. The number of benzene rings is 1. The summed E-state index contributed by atoms with van der Waals surface area (Å²) in [5, 5.41) is 0. The van der Waals surface area contributed by atoms with E-state index in [9.17, 15) is 13.2 Å². The lowest BCUT2D eigenvalue weighted by Crippen LogP contribution is -2.65. The quantitative estimate of drug-likeness (QED) is 0.215. The Morgan fingerprint density at radius 3 is 2.19 bits per heavy atom. The lowest BCUT2D eigenvalue weighted by Gasteiger charge is -2.72. The van der Waals surface area contributed by atoms with Crippen LogP contribution in [0, 0.1) is 56.7 Å². The van der Waals surface area contributed by atoms with Gasteiger partial charge in [-0.25, -0.2) is 13.2 Å². The molecule has 0 spiro atoms. The predicted molar refractivity (Wildman–Crippen MR) is 214 cm³/mol. The van der Waals surface area contributed by atoms with Crippen molar-refractivity contribution in [3.63, 3.8) is 0 Å². The number of fused-ring (bicyclic) bond motifs is 7. The highest BCUT2D eigenvalue weighted by atomic mass is 32.2. The fourth-order valence-electron chi connectivity index (χ4n) is 14.3. The van der Waals surface area contributed by atoms with Gasteiger partial charge >= 0.3 is 5.97 Å². The molecule has 0 radical (unpaired) electrons. The van der Waals surface area contributed by atoms with Crippen LogP contribution >= 0.6 is 0 Å². The molecule has 6 aliphatic rings. The van der Waals surface area contributed by atoms with Crippen LogP contribution in [0.5, 0.6) is 0 Å². The standard InChI is InChI=1S/C46H69NO4S/c1-31(2)34-17-22-46(25-26-47-27-29-52(49,50)30-28-47)24-23-44(9)36(39(34)46)15-16-38-43(8)20-18-35(42(6,7)37(43)19-21-45(38,44)10)32-11-13-33(14-12-32)40(48)51-41(3,4)5/h11-14,18,34,36-39H,1,15-17,19-30H2,2-10H3/t34-,36+,37-,38+,39+,43-,44+,45+,46+/m0/s1. The van der Waals surface area contributed by atoms with Crippen LogP contribution in [-0.2, 0) is 14.6 Å². The summed E-state index contributed by atoms with van der Waals surface area (Å²) in [6.45, 7) is 28.3. The number of esters is 1. The van der Waals surface area contributed by atoms with Crippen molar-refractivity contribution in [2.45, 2.75) is 132 Å². The maximum atomic E-state index is 12.8. The molecule has 288 valence electrons. The second-order valence-electron chi connectivity index (χ2n) is 20.9. The van der Waals surface area contributed by atoms with Gasteiger partial charge in [0.05, 0.1) is 17.1 Å². The van der Waals surface area contributed by atoms with Gasteiger partial charge in [-0.05, 0) is 178 Å². The van der Waals surface area contributed by atoms with Gasteiger partial charge in [0.1, 0.15) is 5.60 Å². The van der Waals surface area contributed by atoms with Crippen LogP contribution in [0.15, 0.2) is 42.5 Å². The van der Waals surface area contributed by atoms with Gasteiger partial charge in [-0.1, -0.05) is 65.0 Å². The summed E-state index contributed by atoms with van der Waals surface area (Å²) in [7, 11) is -2.86. The zero-order valence-corrected chi connectivity index (χ0v) is 34.9. The predicted octanol–water partition coefficient (Wildman–Crippen LogP) is 10.4. The minimum atomic E-state index is -2.86. The summed E-state index contributed by atoms with van der Waals surface area (Å²) in [5.41, 5.74) is 5.43. The molecule has 1 aliphatic heterocycles. The van der Waals surface area contributed by atoms with Crippen molar-refractivity contribution in [3.05, 3.63) is 53.6 Å². The summed E-state index contributed by atoms with van der Waals surface area (Å²) in [6, 6.07) is 8.20. The second kappa shape index (κ2) is 12.8. The first-order chi connectivity index (χ1) is 24.2. The Morgan fingerprint density at radius 1 is 0.885 bits per heavy atom. The van der Waals surface area contributed by atoms with Gasteiger partial charge in [-0.3, -0.25) is 0 Å². The van der Waals surface area contributed by atoms with E-state index in [4.69, 9.17) is 4.74 Å². The van der Waals surface area contributed by atoms with E-state index in [2.05, 4.69) is 71.2 Å². The van der Waals surface area contributed by atoms with Gasteiger partial charge in [0, 0.05) is 13.1 Å². The first-order valence-electron chi connectivity index (χ1n) is 20.8. The molecular weight excluding hydrogens is 663 g/mol. The first kappa shape index (κ1) is 38.4. The van der Waals surface area contributed by atoms with Gasteiger partial charge in [0.15, 0.2) is 9.84 Å². The van der Waals surface area contributed by atoms with Crippen molar-refractivity contribution in [3.8, 4) is 0 Å². The van der Waals surface area contributed by atoms with Crippen molar-refractivity contribution in [2.75, 3.05) is 31.1 Å². The molecule has 7 rings (SSSR count). The molecular formula is C46H69NO4S. The van der Waals surface area contributed by atoms with Crippen molar-refractivity contribution >= 4 is 21.4 Å². The van der Waals surface area contributed by atoms with Crippen LogP contribution in [0.2, 0.25) is 0 Å². The molecule has 0 bridgehead atoms. The topological polar surface area (TPSA) is 63.7 Å². The molecule has 5 fully saturated rings. The lowest BCUT2D eigenvalue weighted by molar-refractivity contribution is -0.226. The smallest absolute Gasteiger partial charge is 0.338 e. The summed E-state index contributed by atoms with van der Waals surface area (Å²) in [6.07, 6.45) is 15.4. The molecule has 5 aliphatic carbocycles. The van der Waals surface area contributed by atoms with E-state index in [1.807, 2.05) is 32.9 Å². The molecule has 9 atom stereocenters. The number of carbonyl (C=O) groups excluding carboxylic acids is 1. The summed E-state index contributed by atoms with van der Waals surface area (Å²) < 4.78 is 30.0. The Morgan fingerprint density at radius 2 is 1.56 bits per heavy atom. The number of nitrogens with zero attached hydrogens (tertiary/aromatic N) is 1. The normalized spacial score (nSPS) is 41.1. The summed E-state index contributed by atoms with van der Waals surface area (Å²) in [5.74, 6) is 3.72. The fraction of sp³-hybridized carbons (Fsp3) is 0.761. The molecule has 0 N–H and O–H groups in total. The number of allylic oxidation sites excluding steroid dienone is 3. The van der Waals surface area contributed by atoms with Crippen molar-refractivity contribution in [1.82, 2.24) is 4.90 Å². The fourth-order valence-corrected chi connectivity index (χ4v) is 15.6. The van der Waals surface area contributed by atoms with Crippen molar-refractivity contribution in [2.24, 2.45) is 56.7 Å².